The van der Waals surface area contributed by atoms with E-state index in [1.54, 1.807) is 5.57 Å². The van der Waals surface area contributed by atoms with Crippen LogP contribution in [0.3, 0.4) is 0 Å². The molecule has 4 aliphatic carbocycles. The highest BCUT2D eigenvalue weighted by Gasteiger charge is 2.55. The van der Waals surface area contributed by atoms with E-state index < -0.39 is 0 Å². The van der Waals surface area contributed by atoms with Gasteiger partial charge in [-0.2, -0.15) is 0 Å². The minimum Gasteiger partial charge on any atom is -0.322 e. The summed E-state index contributed by atoms with van der Waals surface area (Å²) >= 11 is 0. The van der Waals surface area contributed by atoms with Gasteiger partial charge < -0.3 is 5.32 Å². The van der Waals surface area contributed by atoms with Gasteiger partial charge in [-0.25, -0.2) is 0 Å². The Morgan fingerprint density at radius 2 is 1.89 bits per heavy atom. The van der Waals surface area contributed by atoms with Gasteiger partial charge in [0.2, 0.25) is 0 Å². The number of fused-ring (bicyclic) bond motifs is 5. The Bertz CT molecular complexity index is 850. The lowest BCUT2D eigenvalue weighted by atomic mass is 9.50. The van der Waals surface area contributed by atoms with Crippen LogP contribution in [0.5, 0.6) is 0 Å². The van der Waals surface area contributed by atoms with E-state index in [4.69, 9.17) is 0 Å². The summed E-state index contributed by atoms with van der Waals surface area (Å²) in [4.78, 5) is 13.6. The molecule has 0 unspecified atom stereocenters. The molecule has 2 nitrogen and oxygen atoms in total. The Morgan fingerprint density at radius 1 is 1.07 bits per heavy atom. The van der Waals surface area contributed by atoms with E-state index in [1.165, 1.54) is 56.9 Å². The highest BCUT2D eigenvalue weighted by Crippen LogP contribution is 2.64. The molecule has 0 heterocycles. The van der Waals surface area contributed by atoms with Gasteiger partial charge in [-0.15, -0.1) is 0 Å². The van der Waals surface area contributed by atoms with Crippen molar-refractivity contribution in [2.45, 2.75) is 71.6 Å². The predicted molar refractivity (Wildman–Crippen MR) is 115 cm³/mol. The molecule has 2 heteroatoms. The fourth-order valence-corrected chi connectivity index (χ4v) is 7.22. The van der Waals surface area contributed by atoms with Crippen LogP contribution in [0, 0.1) is 22.7 Å². The van der Waals surface area contributed by atoms with Crippen molar-refractivity contribution >= 4 is 11.6 Å². The average Bonchev–Trinajstić information content (AvgIpc) is 3.09. The molecule has 28 heavy (non-hydrogen) atoms. The minimum absolute atomic E-state index is 0.119. The molecule has 4 atom stereocenters. The van der Waals surface area contributed by atoms with Gasteiger partial charge in [-0.3, -0.25) is 4.79 Å². The summed E-state index contributed by atoms with van der Waals surface area (Å²) in [5.41, 5.74) is 5.62. The van der Waals surface area contributed by atoms with Crippen LogP contribution < -0.4 is 5.32 Å². The number of benzene rings is 1. The number of rotatable bonds is 2. The standard InChI is InChI=1S/C26H33NO/c1-25-15-8-12-22(25)20-14-13-18-9-6-7-16-26(18,2)23(20)21(17-25)24(28)27-19-10-4-3-5-11-19/h3-5,9-11,20,22H,6-8,12-17H2,1-2H3,(H,27,28)/t20-,22-,25-,26-/m0/s1. The fraction of sp³-hybridized carbons (Fsp3) is 0.577. The zero-order chi connectivity index (χ0) is 19.4. The Morgan fingerprint density at radius 3 is 2.71 bits per heavy atom. The van der Waals surface area contributed by atoms with Gasteiger partial charge in [0.1, 0.15) is 0 Å². The van der Waals surface area contributed by atoms with Crippen LogP contribution in [-0.2, 0) is 4.79 Å². The van der Waals surface area contributed by atoms with Gasteiger partial charge in [0, 0.05) is 16.7 Å². The number of carbonyl (C=O) groups excluding carboxylic acids is 1. The molecule has 1 N–H and O–H groups in total. The summed E-state index contributed by atoms with van der Waals surface area (Å²) in [5.74, 6) is 1.54. The lowest BCUT2D eigenvalue weighted by Crippen LogP contribution is -2.45. The number of carbonyl (C=O) groups is 1. The molecule has 148 valence electrons. The first-order valence-electron chi connectivity index (χ1n) is 11.3. The lowest BCUT2D eigenvalue weighted by Gasteiger charge is -2.54. The van der Waals surface area contributed by atoms with Crippen LogP contribution in [-0.4, -0.2) is 5.91 Å². The van der Waals surface area contributed by atoms with Crippen molar-refractivity contribution in [3.8, 4) is 0 Å². The van der Waals surface area contributed by atoms with Crippen molar-refractivity contribution in [2.24, 2.45) is 22.7 Å². The highest BCUT2D eigenvalue weighted by atomic mass is 16.1. The number of allylic oxidation sites excluding steroid dienone is 3. The second-order valence-corrected chi connectivity index (χ2v) is 10.1. The number of nitrogens with one attached hydrogen (secondary N) is 1. The van der Waals surface area contributed by atoms with E-state index in [0.29, 0.717) is 11.3 Å². The zero-order valence-corrected chi connectivity index (χ0v) is 17.4. The largest absolute Gasteiger partial charge is 0.322 e. The summed E-state index contributed by atoms with van der Waals surface area (Å²) in [7, 11) is 0. The molecule has 1 aromatic carbocycles. The molecule has 0 aromatic heterocycles. The Hall–Kier alpha value is -1.83. The van der Waals surface area contributed by atoms with Crippen LogP contribution in [0.4, 0.5) is 5.69 Å². The smallest absolute Gasteiger partial charge is 0.251 e. The first-order chi connectivity index (χ1) is 13.5. The van der Waals surface area contributed by atoms with E-state index in [9.17, 15) is 4.79 Å². The van der Waals surface area contributed by atoms with Crippen LogP contribution in [0.2, 0.25) is 0 Å². The third-order valence-electron chi connectivity index (χ3n) is 8.53. The normalized spacial score (nSPS) is 36.9. The molecule has 1 aromatic rings. The van der Waals surface area contributed by atoms with Gasteiger partial charge in [0.25, 0.3) is 5.91 Å². The molecule has 2 fully saturated rings. The number of hydrogen-bond acceptors (Lipinski definition) is 1. The molecule has 0 spiro atoms. The van der Waals surface area contributed by atoms with Gasteiger partial charge in [-0.1, -0.05) is 50.1 Å². The third kappa shape index (κ3) is 2.71. The number of amides is 1. The first kappa shape index (κ1) is 18.2. The Labute approximate surface area is 169 Å². The lowest BCUT2D eigenvalue weighted by molar-refractivity contribution is -0.113. The molecule has 0 aliphatic heterocycles. The monoisotopic (exact) mass is 375 g/mol. The SMILES string of the molecule is C[C@]12CCCC=C1CC[C@@H]1C2=C(C(=O)Nc2ccccc2)C[C@]2(C)CCC[C@@H]12. The molecule has 5 rings (SSSR count). The second kappa shape index (κ2) is 6.61. The van der Waals surface area contributed by atoms with E-state index in [-0.39, 0.29) is 11.3 Å². The topological polar surface area (TPSA) is 29.1 Å². The summed E-state index contributed by atoms with van der Waals surface area (Å²) in [6.07, 6.45) is 13.6. The summed E-state index contributed by atoms with van der Waals surface area (Å²) in [6.45, 7) is 4.92. The fourth-order valence-electron chi connectivity index (χ4n) is 7.22. The molecule has 0 bridgehead atoms. The maximum Gasteiger partial charge on any atom is 0.251 e. The first-order valence-corrected chi connectivity index (χ1v) is 11.3. The molecule has 4 aliphatic rings. The second-order valence-electron chi connectivity index (χ2n) is 10.1. The number of anilines is 1. The van der Waals surface area contributed by atoms with Crippen molar-refractivity contribution < 1.29 is 4.79 Å². The van der Waals surface area contributed by atoms with E-state index in [0.717, 1.165) is 23.6 Å². The quantitative estimate of drug-likeness (QED) is 0.575. The van der Waals surface area contributed by atoms with Gasteiger partial charge in [0.15, 0.2) is 0 Å². The van der Waals surface area contributed by atoms with Crippen molar-refractivity contribution in [3.63, 3.8) is 0 Å². The van der Waals surface area contributed by atoms with Gasteiger partial charge in [0.05, 0.1) is 0 Å². The Kier molecular flexibility index (Phi) is 4.30. The van der Waals surface area contributed by atoms with E-state index >= 15 is 0 Å². The minimum atomic E-state index is 0.119. The van der Waals surface area contributed by atoms with Crippen molar-refractivity contribution in [3.05, 3.63) is 53.1 Å². The predicted octanol–water partition coefficient (Wildman–Crippen LogP) is 6.66. The van der Waals surface area contributed by atoms with Gasteiger partial charge >= 0.3 is 0 Å². The van der Waals surface area contributed by atoms with Gasteiger partial charge in [-0.05, 0) is 86.3 Å². The maximum absolute atomic E-state index is 13.6. The summed E-state index contributed by atoms with van der Waals surface area (Å²) in [5, 5.41) is 3.24. The Balaban J connectivity index is 1.61. The third-order valence-corrected chi connectivity index (χ3v) is 8.53. The summed E-state index contributed by atoms with van der Waals surface area (Å²) < 4.78 is 0. The molecule has 0 saturated heterocycles. The van der Waals surface area contributed by atoms with Crippen LogP contribution in [0.1, 0.15) is 71.6 Å². The molecule has 1 amide bonds. The molecular formula is C26H33NO. The number of para-hydroxylation sites is 1. The van der Waals surface area contributed by atoms with Crippen LogP contribution in [0.15, 0.2) is 53.1 Å². The van der Waals surface area contributed by atoms with Crippen molar-refractivity contribution in [1.29, 1.82) is 0 Å². The average molecular weight is 376 g/mol. The van der Waals surface area contributed by atoms with Crippen LogP contribution >= 0.6 is 0 Å². The van der Waals surface area contributed by atoms with Crippen molar-refractivity contribution in [1.82, 2.24) is 0 Å². The molecule has 2 saturated carbocycles. The zero-order valence-electron chi connectivity index (χ0n) is 17.4. The number of hydrogen-bond donors (Lipinski definition) is 1. The maximum atomic E-state index is 13.6. The van der Waals surface area contributed by atoms with Crippen LogP contribution in [0.25, 0.3) is 0 Å². The molecule has 0 radical (unpaired) electrons. The van der Waals surface area contributed by atoms with E-state index in [2.05, 4.69) is 25.2 Å². The van der Waals surface area contributed by atoms with Crippen molar-refractivity contribution in [2.75, 3.05) is 5.32 Å². The summed E-state index contributed by atoms with van der Waals surface area (Å²) in [6, 6.07) is 9.99. The highest BCUT2D eigenvalue weighted by molar-refractivity contribution is 6.04. The van der Waals surface area contributed by atoms with E-state index in [1.807, 2.05) is 30.3 Å². The molecular weight excluding hydrogens is 342 g/mol.